The molecule has 2 unspecified atom stereocenters. The van der Waals surface area contributed by atoms with Crippen LogP contribution in [0.3, 0.4) is 0 Å². The minimum Gasteiger partial charge on any atom is -0.454 e. The van der Waals surface area contributed by atoms with Gasteiger partial charge in [0.15, 0.2) is 11.5 Å². The van der Waals surface area contributed by atoms with E-state index in [1.54, 1.807) is 0 Å². The number of alkyl halides is 2. The zero-order valence-electron chi connectivity index (χ0n) is 15.6. The van der Waals surface area contributed by atoms with Gasteiger partial charge in [-0.3, -0.25) is 0 Å². The fraction of sp³-hybridized carbons (Fsp3) is 0.632. The maximum absolute atomic E-state index is 12.7. The number of ether oxygens (including phenoxy) is 4. The molecule has 2 heterocycles. The van der Waals surface area contributed by atoms with Gasteiger partial charge in [0.05, 0.1) is 6.10 Å². The number of carbonyl (C=O) groups excluding carboxylic acids is 1. The van der Waals surface area contributed by atoms with Crippen LogP contribution in [0.25, 0.3) is 0 Å². The molecule has 2 fully saturated rings. The SMILES string of the molecule is CC1(CNC(=O)NCc2cc3c(cc2OC(F)F)OCO3)CCOC1C1CC1. The lowest BCUT2D eigenvalue weighted by Gasteiger charge is -2.30. The van der Waals surface area contributed by atoms with Gasteiger partial charge in [-0.05, 0) is 31.2 Å². The lowest BCUT2D eigenvalue weighted by Crippen LogP contribution is -2.45. The van der Waals surface area contributed by atoms with Crippen LogP contribution < -0.4 is 24.8 Å². The number of hydrogen-bond acceptors (Lipinski definition) is 5. The van der Waals surface area contributed by atoms with Crippen molar-refractivity contribution in [1.29, 1.82) is 0 Å². The Morgan fingerprint density at radius 3 is 2.75 bits per heavy atom. The van der Waals surface area contributed by atoms with Crippen molar-refractivity contribution in [3.63, 3.8) is 0 Å². The summed E-state index contributed by atoms with van der Waals surface area (Å²) in [5, 5.41) is 5.58. The number of hydrogen-bond donors (Lipinski definition) is 2. The topological polar surface area (TPSA) is 78.1 Å². The molecule has 7 nitrogen and oxygen atoms in total. The van der Waals surface area contributed by atoms with Gasteiger partial charge in [-0.15, -0.1) is 0 Å². The minimum absolute atomic E-state index is 0.0175. The Bertz CT molecular complexity index is 743. The summed E-state index contributed by atoms with van der Waals surface area (Å²) in [5.74, 6) is 1.32. The quantitative estimate of drug-likeness (QED) is 0.738. The Morgan fingerprint density at radius 1 is 1.29 bits per heavy atom. The number of fused-ring (bicyclic) bond motifs is 1. The van der Waals surface area contributed by atoms with E-state index in [4.69, 9.17) is 14.2 Å². The van der Waals surface area contributed by atoms with Gasteiger partial charge in [-0.2, -0.15) is 8.78 Å². The maximum Gasteiger partial charge on any atom is 0.387 e. The van der Waals surface area contributed by atoms with Gasteiger partial charge < -0.3 is 29.6 Å². The number of benzene rings is 1. The normalized spacial score (nSPS) is 25.8. The van der Waals surface area contributed by atoms with E-state index >= 15 is 0 Å². The summed E-state index contributed by atoms with van der Waals surface area (Å²) in [6.45, 7) is 0.409. The summed E-state index contributed by atoms with van der Waals surface area (Å²) in [6, 6.07) is 2.51. The number of halogens is 2. The van der Waals surface area contributed by atoms with Crippen molar-refractivity contribution >= 4 is 6.03 Å². The second-order valence-corrected chi connectivity index (χ2v) is 7.76. The minimum atomic E-state index is -2.98. The molecular formula is C19H24F2N2O5. The van der Waals surface area contributed by atoms with Crippen LogP contribution in [-0.2, 0) is 11.3 Å². The lowest BCUT2D eigenvalue weighted by molar-refractivity contribution is -0.0505. The summed E-state index contributed by atoms with van der Waals surface area (Å²) in [4.78, 5) is 12.3. The molecule has 2 amide bonds. The number of urea groups is 1. The molecule has 154 valence electrons. The summed E-state index contributed by atoms with van der Waals surface area (Å²) in [5.41, 5.74) is 0.298. The molecular weight excluding hydrogens is 374 g/mol. The Balaban J connectivity index is 1.34. The van der Waals surface area contributed by atoms with Crippen LogP contribution in [0.2, 0.25) is 0 Å². The molecule has 4 rings (SSSR count). The van der Waals surface area contributed by atoms with Gasteiger partial charge in [-0.1, -0.05) is 6.92 Å². The van der Waals surface area contributed by atoms with E-state index in [9.17, 15) is 13.6 Å². The molecule has 1 aromatic carbocycles. The fourth-order valence-corrected chi connectivity index (χ4v) is 3.89. The molecule has 2 atom stereocenters. The molecule has 28 heavy (non-hydrogen) atoms. The van der Waals surface area contributed by atoms with Crippen molar-refractivity contribution in [3.8, 4) is 17.2 Å². The highest BCUT2D eigenvalue weighted by molar-refractivity contribution is 5.74. The highest BCUT2D eigenvalue weighted by Gasteiger charge is 2.48. The van der Waals surface area contributed by atoms with Crippen LogP contribution in [0.4, 0.5) is 13.6 Å². The van der Waals surface area contributed by atoms with Crippen molar-refractivity contribution in [2.75, 3.05) is 19.9 Å². The molecule has 3 aliphatic rings. The predicted molar refractivity (Wildman–Crippen MR) is 94.6 cm³/mol. The third kappa shape index (κ3) is 4.09. The number of nitrogens with one attached hydrogen (secondary N) is 2. The van der Waals surface area contributed by atoms with Gasteiger partial charge >= 0.3 is 12.6 Å². The van der Waals surface area contributed by atoms with Crippen LogP contribution in [0.15, 0.2) is 12.1 Å². The Hall–Kier alpha value is -2.29. The fourth-order valence-electron chi connectivity index (χ4n) is 3.89. The standard InChI is InChI=1S/C19H24F2N2O5/c1-19(4-5-25-16(19)11-2-3-11)9-23-18(24)22-8-12-6-14-15(27-10-26-14)7-13(12)28-17(20)21/h6-7,11,16-17H,2-5,8-10H2,1H3,(H2,22,23,24). The maximum atomic E-state index is 12.7. The van der Waals surface area contributed by atoms with Crippen LogP contribution in [0.1, 0.15) is 31.7 Å². The largest absolute Gasteiger partial charge is 0.454 e. The average Bonchev–Trinajstić information content (AvgIpc) is 3.26. The van der Waals surface area contributed by atoms with Crippen LogP contribution in [0, 0.1) is 11.3 Å². The van der Waals surface area contributed by atoms with Crippen LogP contribution in [0.5, 0.6) is 17.2 Å². The van der Waals surface area contributed by atoms with Gasteiger partial charge in [0.25, 0.3) is 0 Å². The molecule has 2 aliphatic heterocycles. The molecule has 9 heteroatoms. The Morgan fingerprint density at radius 2 is 2.04 bits per heavy atom. The Kier molecular flexibility index (Phi) is 5.18. The molecule has 0 radical (unpaired) electrons. The van der Waals surface area contributed by atoms with Crippen molar-refractivity contribution in [1.82, 2.24) is 10.6 Å². The van der Waals surface area contributed by atoms with Crippen molar-refractivity contribution in [3.05, 3.63) is 17.7 Å². The molecule has 0 bridgehead atoms. The first-order chi connectivity index (χ1) is 13.4. The zero-order valence-corrected chi connectivity index (χ0v) is 15.6. The van der Waals surface area contributed by atoms with Gasteiger partial charge in [0.1, 0.15) is 5.75 Å². The molecule has 1 saturated carbocycles. The summed E-state index contributed by atoms with van der Waals surface area (Å²) in [7, 11) is 0. The third-order valence-corrected chi connectivity index (χ3v) is 5.57. The summed E-state index contributed by atoms with van der Waals surface area (Å²) in [6.07, 6.45) is 3.46. The average molecular weight is 398 g/mol. The first-order valence-electron chi connectivity index (χ1n) is 9.45. The van der Waals surface area contributed by atoms with Gasteiger partial charge in [0.2, 0.25) is 6.79 Å². The molecule has 1 saturated heterocycles. The highest BCUT2D eigenvalue weighted by Crippen LogP contribution is 2.47. The molecule has 0 spiro atoms. The van der Waals surface area contributed by atoms with E-state index < -0.39 is 6.61 Å². The van der Waals surface area contributed by atoms with Crippen LogP contribution in [-0.4, -0.2) is 38.7 Å². The second kappa shape index (κ2) is 7.62. The highest BCUT2D eigenvalue weighted by atomic mass is 19.3. The van der Waals surface area contributed by atoms with Crippen LogP contribution >= 0.6 is 0 Å². The van der Waals surface area contributed by atoms with E-state index in [1.807, 2.05) is 0 Å². The first kappa shape index (κ1) is 19.0. The summed E-state index contributed by atoms with van der Waals surface area (Å²) < 4.78 is 46.2. The monoisotopic (exact) mass is 398 g/mol. The molecule has 2 N–H and O–H groups in total. The zero-order chi connectivity index (χ0) is 19.7. The summed E-state index contributed by atoms with van der Waals surface area (Å²) >= 11 is 0. The molecule has 1 aliphatic carbocycles. The van der Waals surface area contributed by atoms with Crippen molar-refractivity contribution in [2.24, 2.45) is 11.3 Å². The molecule has 1 aromatic rings. The van der Waals surface area contributed by atoms with Crippen molar-refractivity contribution < 1.29 is 32.5 Å². The Labute approximate surface area is 161 Å². The lowest BCUT2D eigenvalue weighted by atomic mass is 9.81. The first-order valence-corrected chi connectivity index (χ1v) is 9.45. The van der Waals surface area contributed by atoms with E-state index in [0.717, 1.165) is 6.42 Å². The second-order valence-electron chi connectivity index (χ2n) is 7.76. The van der Waals surface area contributed by atoms with Crippen molar-refractivity contribution in [2.45, 2.75) is 45.4 Å². The van der Waals surface area contributed by atoms with Gasteiger partial charge in [0, 0.05) is 36.7 Å². The van der Waals surface area contributed by atoms with E-state index in [0.29, 0.717) is 36.1 Å². The number of amides is 2. The van der Waals surface area contributed by atoms with E-state index in [2.05, 4.69) is 22.3 Å². The number of carbonyl (C=O) groups is 1. The van der Waals surface area contributed by atoms with E-state index in [1.165, 1.54) is 25.0 Å². The predicted octanol–water partition coefficient (Wildman–Crippen LogP) is 3.02. The van der Waals surface area contributed by atoms with E-state index in [-0.39, 0.29) is 36.6 Å². The third-order valence-electron chi connectivity index (χ3n) is 5.57. The smallest absolute Gasteiger partial charge is 0.387 e. The number of rotatable bonds is 7. The molecule has 0 aromatic heterocycles. The van der Waals surface area contributed by atoms with Gasteiger partial charge in [-0.25, -0.2) is 4.79 Å².